The number of benzene rings is 1. The second kappa shape index (κ2) is 4.77. The van der Waals surface area contributed by atoms with Gasteiger partial charge < -0.3 is 15.9 Å². The van der Waals surface area contributed by atoms with E-state index < -0.39 is 5.91 Å². The van der Waals surface area contributed by atoms with Gasteiger partial charge in [-0.3, -0.25) is 4.79 Å². The van der Waals surface area contributed by atoms with E-state index in [0.29, 0.717) is 5.01 Å². The summed E-state index contributed by atoms with van der Waals surface area (Å²) in [7, 11) is 0. The summed E-state index contributed by atoms with van der Waals surface area (Å²) in [4.78, 5) is 11.5. The highest BCUT2D eigenvalue weighted by Crippen LogP contribution is 2.28. The van der Waals surface area contributed by atoms with Crippen LogP contribution in [0.2, 0.25) is 0 Å². The zero-order valence-corrected chi connectivity index (χ0v) is 9.07. The Kier molecular flexibility index (Phi) is 3.64. The Balaban J connectivity index is 2.85. The summed E-state index contributed by atoms with van der Waals surface area (Å²) in [6.07, 6.45) is -0.200. The number of carbonyl (C=O) groups excluding carboxylic acids is 1. The smallest absolute Gasteiger partial charge is 0.247 e. The molecular formula is C9H11N3O3S. The van der Waals surface area contributed by atoms with Crippen LogP contribution in [-0.2, 0) is 11.2 Å². The number of amides is 1. The first kappa shape index (κ1) is 12.2. The van der Waals surface area contributed by atoms with Crippen LogP contribution in [0, 0.1) is 0 Å². The zero-order valence-electron chi connectivity index (χ0n) is 8.25. The summed E-state index contributed by atoms with van der Waals surface area (Å²) in [5, 5.41) is 19.0. The zero-order chi connectivity index (χ0) is 12.3. The lowest BCUT2D eigenvalue weighted by Crippen LogP contribution is -2.46. The van der Waals surface area contributed by atoms with Gasteiger partial charge in [0, 0.05) is 5.56 Å². The molecule has 1 aromatic carbocycles. The van der Waals surface area contributed by atoms with Gasteiger partial charge in [-0.25, -0.2) is 10.9 Å². The summed E-state index contributed by atoms with van der Waals surface area (Å²) in [5.74, 6) is 4.04. The number of hydrogen-bond donors (Lipinski definition) is 4. The van der Waals surface area contributed by atoms with E-state index in [1.807, 2.05) is 0 Å². The van der Waals surface area contributed by atoms with Crippen molar-refractivity contribution < 1.29 is 15.0 Å². The number of para-hydroxylation sites is 1. The van der Waals surface area contributed by atoms with E-state index in [4.69, 9.17) is 11.6 Å². The van der Waals surface area contributed by atoms with Crippen LogP contribution >= 0.6 is 12.2 Å². The Morgan fingerprint density at radius 1 is 1.44 bits per heavy atom. The maximum atomic E-state index is 11.5. The molecule has 0 bridgehead atoms. The molecule has 0 fully saturated rings. The molecule has 0 atom stereocenters. The SMILES string of the molecule is NC(=S)N(N)C(=O)Cc1cccc(O)c1O. The maximum absolute atomic E-state index is 11.5. The van der Waals surface area contributed by atoms with Gasteiger partial charge in [0.05, 0.1) is 6.42 Å². The predicted octanol–water partition coefficient (Wildman–Crippen LogP) is -0.414. The van der Waals surface area contributed by atoms with Crippen molar-refractivity contribution in [1.29, 1.82) is 0 Å². The highest BCUT2D eigenvalue weighted by Gasteiger charge is 2.15. The molecule has 16 heavy (non-hydrogen) atoms. The number of rotatable bonds is 2. The number of phenols is 2. The fraction of sp³-hybridized carbons (Fsp3) is 0.111. The quantitative estimate of drug-likeness (QED) is 0.184. The number of phenolic OH excluding ortho intramolecular Hbond substituents is 2. The number of nitrogens with zero attached hydrogens (tertiary/aromatic N) is 1. The minimum absolute atomic E-state index is 0.200. The minimum atomic E-state index is -0.576. The monoisotopic (exact) mass is 241 g/mol. The van der Waals surface area contributed by atoms with Gasteiger partial charge in [-0.2, -0.15) is 0 Å². The molecule has 6 nitrogen and oxygen atoms in total. The lowest BCUT2D eigenvalue weighted by atomic mass is 10.1. The van der Waals surface area contributed by atoms with E-state index in [2.05, 4.69) is 12.2 Å². The Hall–Kier alpha value is -1.86. The van der Waals surface area contributed by atoms with Crippen molar-refractivity contribution in [1.82, 2.24) is 5.01 Å². The molecule has 0 unspecified atom stereocenters. The van der Waals surface area contributed by atoms with Gasteiger partial charge in [0.1, 0.15) is 0 Å². The first-order valence-corrected chi connectivity index (χ1v) is 4.71. The number of thiocarbonyl (C=S) groups is 1. The van der Waals surface area contributed by atoms with Gasteiger partial charge in [0.2, 0.25) is 5.91 Å². The van der Waals surface area contributed by atoms with E-state index in [0.717, 1.165) is 0 Å². The molecule has 0 saturated carbocycles. The number of nitrogens with two attached hydrogens (primary N) is 2. The summed E-state index contributed by atoms with van der Waals surface area (Å²) >= 11 is 4.52. The summed E-state index contributed by atoms with van der Waals surface area (Å²) in [6.45, 7) is 0. The number of hydrazine groups is 1. The molecule has 7 heteroatoms. The molecule has 0 aromatic heterocycles. The standard InChI is InChI=1S/C9H11N3O3S/c10-9(16)12(11)7(14)4-5-2-1-3-6(13)8(5)15/h1-3,13,15H,4,11H2,(H2,10,16). The molecule has 0 aliphatic heterocycles. The molecule has 1 rings (SSSR count). The van der Waals surface area contributed by atoms with Gasteiger partial charge in [0.25, 0.3) is 0 Å². The highest BCUT2D eigenvalue weighted by atomic mass is 32.1. The van der Waals surface area contributed by atoms with Crippen LogP contribution in [0.15, 0.2) is 18.2 Å². The molecule has 86 valence electrons. The molecule has 0 radical (unpaired) electrons. The molecule has 0 aliphatic carbocycles. The largest absolute Gasteiger partial charge is 0.504 e. The van der Waals surface area contributed by atoms with Crippen molar-refractivity contribution in [2.45, 2.75) is 6.42 Å². The van der Waals surface area contributed by atoms with Crippen LogP contribution < -0.4 is 11.6 Å². The van der Waals surface area contributed by atoms with Crippen molar-refractivity contribution in [3.05, 3.63) is 23.8 Å². The lowest BCUT2D eigenvalue weighted by molar-refractivity contribution is -0.126. The number of hydrogen-bond acceptors (Lipinski definition) is 5. The normalized spacial score (nSPS) is 9.81. The van der Waals surface area contributed by atoms with E-state index in [9.17, 15) is 15.0 Å². The van der Waals surface area contributed by atoms with Crippen molar-refractivity contribution in [2.75, 3.05) is 0 Å². The summed E-state index contributed by atoms with van der Waals surface area (Å²) in [5.41, 5.74) is 5.41. The third-order valence-electron chi connectivity index (χ3n) is 1.95. The van der Waals surface area contributed by atoms with Crippen molar-refractivity contribution in [3.8, 4) is 11.5 Å². The average Bonchev–Trinajstić information content (AvgIpc) is 2.23. The molecule has 0 saturated heterocycles. The fourth-order valence-corrected chi connectivity index (χ4v) is 1.19. The minimum Gasteiger partial charge on any atom is -0.504 e. The second-order valence-corrected chi connectivity index (χ2v) is 3.48. The van der Waals surface area contributed by atoms with Crippen LogP contribution in [0.25, 0.3) is 0 Å². The first-order chi connectivity index (χ1) is 7.43. The molecule has 0 spiro atoms. The molecule has 1 aromatic rings. The molecule has 0 heterocycles. The maximum Gasteiger partial charge on any atom is 0.247 e. The Bertz CT molecular complexity index is 436. The molecule has 1 amide bonds. The molecular weight excluding hydrogens is 230 g/mol. The highest BCUT2D eigenvalue weighted by molar-refractivity contribution is 7.80. The summed E-state index contributed by atoms with van der Waals surface area (Å²) < 4.78 is 0. The number of aromatic hydroxyl groups is 2. The molecule has 0 aliphatic rings. The van der Waals surface area contributed by atoms with Crippen molar-refractivity contribution >= 4 is 23.2 Å². The Labute approximate surface area is 97.0 Å². The Morgan fingerprint density at radius 2 is 2.06 bits per heavy atom. The van der Waals surface area contributed by atoms with Crippen molar-refractivity contribution in [3.63, 3.8) is 0 Å². The van der Waals surface area contributed by atoms with Gasteiger partial charge >= 0.3 is 0 Å². The van der Waals surface area contributed by atoms with E-state index in [1.165, 1.54) is 18.2 Å². The third kappa shape index (κ3) is 2.59. The topological polar surface area (TPSA) is 113 Å². The van der Waals surface area contributed by atoms with Crippen LogP contribution in [-0.4, -0.2) is 26.2 Å². The number of carbonyl (C=O) groups is 1. The lowest BCUT2D eigenvalue weighted by Gasteiger charge is -2.14. The first-order valence-electron chi connectivity index (χ1n) is 4.30. The van der Waals surface area contributed by atoms with Gasteiger partial charge in [-0.05, 0) is 18.3 Å². The van der Waals surface area contributed by atoms with Gasteiger partial charge in [-0.15, -0.1) is 0 Å². The second-order valence-electron chi connectivity index (χ2n) is 3.06. The fourth-order valence-electron chi connectivity index (χ4n) is 1.09. The van der Waals surface area contributed by atoms with Crippen LogP contribution in [0.5, 0.6) is 11.5 Å². The predicted molar refractivity (Wildman–Crippen MR) is 61.3 cm³/mol. The van der Waals surface area contributed by atoms with E-state index >= 15 is 0 Å². The van der Waals surface area contributed by atoms with Crippen LogP contribution in [0.1, 0.15) is 5.56 Å². The molecule has 6 N–H and O–H groups in total. The third-order valence-corrected chi connectivity index (χ3v) is 2.14. The van der Waals surface area contributed by atoms with E-state index in [-0.39, 0.29) is 28.6 Å². The van der Waals surface area contributed by atoms with Gasteiger partial charge in [0.15, 0.2) is 16.6 Å². The Morgan fingerprint density at radius 3 is 2.62 bits per heavy atom. The average molecular weight is 241 g/mol. The summed E-state index contributed by atoms with van der Waals surface area (Å²) in [6, 6.07) is 4.29. The van der Waals surface area contributed by atoms with Crippen LogP contribution in [0.3, 0.4) is 0 Å². The van der Waals surface area contributed by atoms with Crippen molar-refractivity contribution in [2.24, 2.45) is 11.6 Å². The van der Waals surface area contributed by atoms with Gasteiger partial charge in [-0.1, -0.05) is 12.1 Å². The van der Waals surface area contributed by atoms with Crippen LogP contribution in [0.4, 0.5) is 0 Å². The van der Waals surface area contributed by atoms with E-state index in [1.54, 1.807) is 0 Å².